The van der Waals surface area contributed by atoms with E-state index in [9.17, 15) is 29.1 Å². The van der Waals surface area contributed by atoms with Crippen molar-refractivity contribution in [3.63, 3.8) is 0 Å². The van der Waals surface area contributed by atoms with E-state index < -0.39 is 35.2 Å². The Kier molecular flexibility index (Phi) is 11.8. The Labute approximate surface area is 229 Å². The van der Waals surface area contributed by atoms with Crippen LogP contribution in [0.5, 0.6) is 0 Å². The maximum atomic E-state index is 13.5. The molecule has 39 heavy (non-hydrogen) atoms. The van der Waals surface area contributed by atoms with E-state index >= 15 is 0 Å². The van der Waals surface area contributed by atoms with Crippen molar-refractivity contribution in [3.05, 3.63) is 11.8 Å². The summed E-state index contributed by atoms with van der Waals surface area (Å²) < 4.78 is 5.53. The molecular formula is C27H43N5O7. The fourth-order valence-corrected chi connectivity index (χ4v) is 4.34. The molecular weight excluding hydrogens is 506 g/mol. The monoisotopic (exact) mass is 549 g/mol. The quantitative estimate of drug-likeness (QED) is 0.167. The average Bonchev–Trinajstić information content (AvgIpc) is 3.58. The smallest absolute Gasteiger partial charge is 0.286 e. The second-order valence-electron chi connectivity index (χ2n) is 11.4. The second kappa shape index (κ2) is 14.3. The van der Waals surface area contributed by atoms with Gasteiger partial charge in [0.05, 0.1) is 18.1 Å². The van der Waals surface area contributed by atoms with Crippen LogP contribution in [0.4, 0.5) is 0 Å². The van der Waals surface area contributed by atoms with Crippen molar-refractivity contribution in [1.82, 2.24) is 25.7 Å². The Morgan fingerprint density at radius 3 is 2.33 bits per heavy atom. The normalized spacial score (nSPS) is 17.3. The number of carbonyl (C=O) groups excluding carboxylic acids is 5. The molecule has 12 nitrogen and oxygen atoms in total. The Morgan fingerprint density at radius 2 is 1.74 bits per heavy atom. The summed E-state index contributed by atoms with van der Waals surface area (Å²) in [6.45, 7) is 10.7. The number of aromatic nitrogens is 2. The summed E-state index contributed by atoms with van der Waals surface area (Å²) in [6, 6.07) is -2.55. The van der Waals surface area contributed by atoms with Crippen LogP contribution in [-0.2, 0) is 24.6 Å². The van der Waals surface area contributed by atoms with Crippen molar-refractivity contribution in [2.24, 2.45) is 11.8 Å². The van der Waals surface area contributed by atoms with Crippen molar-refractivity contribution in [3.8, 4) is 0 Å². The predicted molar refractivity (Wildman–Crippen MR) is 142 cm³/mol. The van der Waals surface area contributed by atoms with Gasteiger partial charge in [-0.15, -0.1) is 10.2 Å². The predicted octanol–water partition coefficient (Wildman–Crippen LogP) is 1.55. The average molecular weight is 550 g/mol. The highest BCUT2D eigenvalue weighted by atomic mass is 16.4. The Morgan fingerprint density at radius 1 is 1.08 bits per heavy atom. The SMILES string of the molecule is CC(C)C(NC(=O)[C@@H]1CCCN1C(=O)C(NC(=O)CCCCC=O)C(C)C)C(=O)c1nnc(C(C)(C)CO)o1. The molecule has 1 fully saturated rings. The minimum absolute atomic E-state index is 0.111. The molecule has 0 bridgehead atoms. The first-order valence-electron chi connectivity index (χ1n) is 13.7. The molecule has 0 saturated carbocycles. The number of aliphatic hydroxyl groups is 1. The molecule has 12 heteroatoms. The van der Waals surface area contributed by atoms with Crippen LogP contribution in [0.3, 0.4) is 0 Å². The lowest BCUT2D eigenvalue weighted by molar-refractivity contribution is -0.142. The Bertz CT molecular complexity index is 1020. The second-order valence-corrected chi connectivity index (χ2v) is 11.4. The fourth-order valence-electron chi connectivity index (χ4n) is 4.34. The molecule has 0 radical (unpaired) electrons. The van der Waals surface area contributed by atoms with Crippen molar-refractivity contribution in [2.45, 2.75) is 104 Å². The molecule has 0 aromatic carbocycles. The third-order valence-corrected chi connectivity index (χ3v) is 6.92. The molecule has 2 heterocycles. The summed E-state index contributed by atoms with van der Waals surface area (Å²) in [5, 5.41) is 22.8. The van der Waals surface area contributed by atoms with Crippen molar-refractivity contribution in [1.29, 1.82) is 0 Å². The summed E-state index contributed by atoms with van der Waals surface area (Å²) in [7, 11) is 0. The lowest BCUT2D eigenvalue weighted by Gasteiger charge is -2.31. The van der Waals surface area contributed by atoms with E-state index in [1.165, 1.54) is 4.90 Å². The summed E-state index contributed by atoms with van der Waals surface area (Å²) in [4.78, 5) is 64.5. The van der Waals surface area contributed by atoms with Crippen LogP contribution in [0.1, 0.15) is 96.6 Å². The number of nitrogens with zero attached hydrogens (tertiary/aromatic N) is 3. The molecule has 218 valence electrons. The van der Waals surface area contributed by atoms with E-state index in [1.54, 1.807) is 27.7 Å². The van der Waals surface area contributed by atoms with Crippen molar-refractivity contribution < 1.29 is 33.5 Å². The van der Waals surface area contributed by atoms with E-state index in [-0.39, 0.29) is 48.5 Å². The molecule has 0 spiro atoms. The largest absolute Gasteiger partial charge is 0.418 e. The summed E-state index contributed by atoms with van der Waals surface area (Å²) in [5.74, 6) is -2.31. The number of unbranched alkanes of at least 4 members (excludes halogenated alkanes) is 2. The number of likely N-dealkylation sites (tertiary alicyclic amines) is 1. The Hall–Kier alpha value is -3.15. The zero-order chi connectivity index (χ0) is 29.3. The van der Waals surface area contributed by atoms with Crippen LogP contribution in [0.2, 0.25) is 0 Å². The first-order chi connectivity index (χ1) is 18.3. The van der Waals surface area contributed by atoms with E-state index in [0.717, 1.165) is 6.29 Å². The van der Waals surface area contributed by atoms with Gasteiger partial charge in [0.2, 0.25) is 29.4 Å². The van der Waals surface area contributed by atoms with Crippen molar-refractivity contribution >= 4 is 29.8 Å². The van der Waals surface area contributed by atoms with Crippen LogP contribution in [0.25, 0.3) is 0 Å². The van der Waals surface area contributed by atoms with Gasteiger partial charge in [0, 0.05) is 19.4 Å². The number of Topliss-reactive ketones (excluding diaryl/α,β-unsaturated/α-hetero) is 1. The standard InChI is InChI=1S/C27H43N5O7/c1-16(2)20(22(36)24-30-31-26(39-24)27(5,6)15-34)29-23(37)18-11-10-13-32(18)25(38)21(17(3)4)28-19(35)12-8-7-9-14-33/h14,16-18,20-21,34H,7-13,15H2,1-6H3,(H,28,35)(H,29,37)/t18-,20?,21?/m0/s1. The third kappa shape index (κ3) is 8.42. The Balaban J connectivity index is 2.12. The number of amides is 3. The number of aldehydes is 1. The van der Waals surface area contributed by atoms with E-state index in [0.29, 0.717) is 38.6 Å². The van der Waals surface area contributed by atoms with Gasteiger partial charge in [-0.25, -0.2) is 0 Å². The molecule has 1 aromatic heterocycles. The van der Waals surface area contributed by atoms with Crippen LogP contribution in [-0.4, -0.2) is 81.3 Å². The molecule has 0 aliphatic carbocycles. The highest BCUT2D eigenvalue weighted by Crippen LogP contribution is 2.23. The number of hydrogen-bond acceptors (Lipinski definition) is 9. The number of carbonyl (C=O) groups is 5. The molecule has 1 aliphatic rings. The maximum absolute atomic E-state index is 13.5. The van der Waals surface area contributed by atoms with Gasteiger partial charge in [0.1, 0.15) is 18.4 Å². The van der Waals surface area contributed by atoms with Gasteiger partial charge in [0.15, 0.2) is 0 Å². The third-order valence-electron chi connectivity index (χ3n) is 6.92. The molecule has 3 amide bonds. The number of hydrogen-bond donors (Lipinski definition) is 3. The van der Waals surface area contributed by atoms with Gasteiger partial charge >= 0.3 is 0 Å². The summed E-state index contributed by atoms with van der Waals surface area (Å²) in [5.41, 5.74) is -0.829. The molecule has 2 rings (SSSR count). The zero-order valence-corrected chi connectivity index (χ0v) is 23.9. The summed E-state index contributed by atoms with van der Waals surface area (Å²) >= 11 is 0. The van der Waals surface area contributed by atoms with Crippen LogP contribution in [0, 0.1) is 11.8 Å². The fraction of sp³-hybridized carbons (Fsp3) is 0.741. The first kappa shape index (κ1) is 32.1. The van der Waals surface area contributed by atoms with E-state index in [1.807, 2.05) is 13.8 Å². The molecule has 1 aromatic rings. The number of rotatable bonds is 15. The molecule has 3 atom stereocenters. The van der Waals surface area contributed by atoms with E-state index in [4.69, 9.17) is 4.42 Å². The van der Waals surface area contributed by atoms with Gasteiger partial charge in [-0.1, -0.05) is 27.7 Å². The highest BCUT2D eigenvalue weighted by molar-refractivity contribution is 6.00. The van der Waals surface area contributed by atoms with Crippen LogP contribution in [0.15, 0.2) is 4.42 Å². The van der Waals surface area contributed by atoms with Gasteiger partial charge in [-0.05, 0) is 51.4 Å². The van der Waals surface area contributed by atoms with Crippen LogP contribution < -0.4 is 10.6 Å². The molecule has 3 N–H and O–H groups in total. The number of aliphatic hydroxyl groups excluding tert-OH is 1. The van der Waals surface area contributed by atoms with E-state index in [2.05, 4.69) is 20.8 Å². The van der Waals surface area contributed by atoms with Crippen molar-refractivity contribution in [2.75, 3.05) is 13.2 Å². The van der Waals surface area contributed by atoms with Gasteiger partial charge in [-0.2, -0.15) is 0 Å². The first-order valence-corrected chi connectivity index (χ1v) is 13.7. The maximum Gasteiger partial charge on any atom is 0.286 e. The van der Waals surface area contributed by atoms with Crippen LogP contribution >= 0.6 is 0 Å². The lowest BCUT2D eigenvalue weighted by atomic mass is 9.95. The molecule has 1 aliphatic heterocycles. The van der Waals surface area contributed by atoms with Gasteiger partial charge in [-0.3, -0.25) is 19.2 Å². The zero-order valence-electron chi connectivity index (χ0n) is 23.9. The minimum atomic E-state index is -0.965. The van der Waals surface area contributed by atoms with Gasteiger partial charge < -0.3 is 29.9 Å². The minimum Gasteiger partial charge on any atom is -0.418 e. The number of nitrogens with one attached hydrogen (secondary N) is 2. The molecule has 2 unspecified atom stereocenters. The van der Waals surface area contributed by atoms with Gasteiger partial charge in [0.25, 0.3) is 5.89 Å². The number of ketones is 1. The lowest BCUT2D eigenvalue weighted by Crippen LogP contribution is -2.57. The topological polar surface area (TPSA) is 172 Å². The highest BCUT2D eigenvalue weighted by Gasteiger charge is 2.41. The summed E-state index contributed by atoms with van der Waals surface area (Å²) in [6.07, 6.45) is 3.59. The molecule has 1 saturated heterocycles.